The van der Waals surface area contributed by atoms with Gasteiger partial charge in [-0.05, 0) is 0 Å². The van der Waals surface area contributed by atoms with Gasteiger partial charge in [-0.1, -0.05) is 0 Å². The Balaban J connectivity index is -0.00000000500. The van der Waals surface area contributed by atoms with Gasteiger partial charge in [-0.15, -0.1) is 23.3 Å². The van der Waals surface area contributed by atoms with Gasteiger partial charge >= 0.3 is 18.9 Å². The second kappa shape index (κ2) is 19.9. The molecule has 0 unspecified atom stereocenters. The summed E-state index contributed by atoms with van der Waals surface area (Å²) in [6, 6.07) is 0. The Morgan fingerprint density at radius 1 is 1.00 bits per heavy atom. The maximum Gasteiger partial charge on any atom is 0 e. The molecule has 20 valence electrons. The van der Waals surface area contributed by atoms with Crippen LogP contribution in [0.3, 0.4) is 0 Å². The van der Waals surface area contributed by atoms with Gasteiger partial charge in [0, 0.05) is 21.7 Å². The Hall–Kier alpha value is 2.01. The summed E-state index contributed by atoms with van der Waals surface area (Å²) in [4.78, 5) is 0. The Morgan fingerprint density at radius 2 is 1.00 bits per heavy atom. The van der Waals surface area contributed by atoms with E-state index >= 15 is 0 Å². The molecule has 0 amide bonds. The average Bonchev–Trinajstić information content (AvgIpc) is 1.00. The molecule has 0 saturated carbocycles. The maximum atomic E-state index is 3.22. The second-order valence-corrected chi connectivity index (χ2v) is 0. The first-order valence-corrected chi connectivity index (χ1v) is 1.80. The van der Waals surface area contributed by atoms with Gasteiger partial charge in [-0.3, -0.25) is 0 Å². The van der Waals surface area contributed by atoms with Crippen LogP contribution < -0.4 is 0 Å². The zero-order valence-corrected chi connectivity index (χ0v) is 4.74. The van der Waals surface area contributed by atoms with Gasteiger partial charge in [0.15, 0.2) is 0 Å². The molecule has 0 N–H and O–H groups in total. The van der Waals surface area contributed by atoms with Crippen molar-refractivity contribution in [3.05, 3.63) is 0 Å². The molecular weight excluding hydrogens is 119 g/mol. The minimum absolute atomic E-state index is 0. The van der Waals surface area contributed by atoms with E-state index in [2.05, 4.69) is 23.3 Å². The number of hydrogen-bond acceptors (Lipinski definition) is 2. The van der Waals surface area contributed by atoms with Crippen molar-refractivity contribution in [2.45, 2.75) is 0 Å². The summed E-state index contributed by atoms with van der Waals surface area (Å²) < 4.78 is 0. The molecule has 0 aliphatic heterocycles. The number of rotatable bonds is 0. The van der Waals surface area contributed by atoms with Crippen LogP contribution in [0.1, 0.15) is 0 Å². The second-order valence-electron chi connectivity index (χ2n) is 0. The van der Waals surface area contributed by atoms with Crippen LogP contribution in [0, 0.1) is 0 Å². The van der Waals surface area contributed by atoms with Crippen molar-refractivity contribution in [1.82, 2.24) is 0 Å². The molecular formula is H3LiS2Ti. The summed E-state index contributed by atoms with van der Waals surface area (Å²) in [6.45, 7) is 0. The van der Waals surface area contributed by atoms with E-state index in [1.54, 1.807) is 0 Å². The number of hydrogen-bond donors (Lipinski definition) is 2. The topological polar surface area (TPSA) is 0 Å². The van der Waals surface area contributed by atoms with Crippen LogP contribution in [-0.2, 0) is 21.7 Å². The van der Waals surface area contributed by atoms with Crippen LogP contribution >= 0.6 is 23.3 Å². The summed E-state index contributed by atoms with van der Waals surface area (Å²) in [5, 5.41) is 0. The van der Waals surface area contributed by atoms with E-state index in [9.17, 15) is 0 Å². The molecule has 0 aliphatic carbocycles. The molecule has 0 spiro atoms. The summed E-state index contributed by atoms with van der Waals surface area (Å²) >= 11 is 6.44. The van der Waals surface area contributed by atoms with Gasteiger partial charge in [0.05, 0.1) is 0 Å². The Kier molecular flexibility index (Phi) is 82.9. The Bertz CT molecular complexity index is 6.00. The summed E-state index contributed by atoms with van der Waals surface area (Å²) in [6.07, 6.45) is 0. The zero-order valence-electron chi connectivity index (χ0n) is 1.39. The molecule has 0 radical (unpaired) electrons. The third kappa shape index (κ3) is 8.99. The van der Waals surface area contributed by atoms with Crippen molar-refractivity contribution in [2.75, 3.05) is 0 Å². The summed E-state index contributed by atoms with van der Waals surface area (Å²) in [5.41, 5.74) is 0. The Morgan fingerprint density at radius 3 is 1.00 bits per heavy atom. The standard InChI is InChI=1S/Li.H2S2.Ti.H/c;1-2;;/h;1-2H;;. The molecule has 0 nitrogen and oxygen atoms in total. The van der Waals surface area contributed by atoms with Crippen molar-refractivity contribution in [3.63, 3.8) is 0 Å². The van der Waals surface area contributed by atoms with Crippen molar-refractivity contribution in [3.8, 4) is 0 Å². The van der Waals surface area contributed by atoms with Crippen molar-refractivity contribution in [1.29, 1.82) is 0 Å². The van der Waals surface area contributed by atoms with Gasteiger partial charge in [-0.2, -0.15) is 0 Å². The van der Waals surface area contributed by atoms with Gasteiger partial charge in [-0.25, -0.2) is 0 Å². The van der Waals surface area contributed by atoms with Gasteiger partial charge in [0.1, 0.15) is 0 Å². The molecule has 0 aromatic heterocycles. The fraction of sp³-hybridized carbons (Fsp3) is 0. The molecule has 0 bridgehead atoms. The molecule has 0 aromatic rings. The summed E-state index contributed by atoms with van der Waals surface area (Å²) in [7, 11) is 0. The van der Waals surface area contributed by atoms with E-state index in [-0.39, 0.29) is 40.6 Å². The quantitative estimate of drug-likeness (QED) is 0.254. The molecule has 0 rings (SSSR count). The fourth-order valence-electron chi connectivity index (χ4n) is 0. The van der Waals surface area contributed by atoms with E-state index < -0.39 is 0 Å². The summed E-state index contributed by atoms with van der Waals surface area (Å²) in [5.74, 6) is 0. The first-order chi connectivity index (χ1) is 1.00. The minimum atomic E-state index is 0. The molecule has 4 heteroatoms. The van der Waals surface area contributed by atoms with Crippen molar-refractivity contribution in [2.24, 2.45) is 0 Å². The van der Waals surface area contributed by atoms with E-state index in [0.717, 1.165) is 0 Å². The first-order valence-electron chi connectivity index (χ1n) is 0.200. The van der Waals surface area contributed by atoms with Crippen LogP contribution in [0.25, 0.3) is 0 Å². The zero-order chi connectivity index (χ0) is 2.00. The monoisotopic (exact) mass is 122 g/mol. The molecule has 0 atom stereocenters. The molecule has 0 aliphatic rings. The first kappa shape index (κ1) is 16.6. The predicted octanol–water partition coefficient (Wildman–Crippen LogP) is 0.110. The van der Waals surface area contributed by atoms with Crippen LogP contribution in [0.15, 0.2) is 0 Å². The third-order valence-electron chi connectivity index (χ3n) is 0. The molecule has 0 saturated heterocycles. The SMILES string of the molecule is SS.[LiH].[Ti]. The average molecular weight is 122 g/mol. The van der Waals surface area contributed by atoms with Crippen molar-refractivity contribution >= 4 is 42.2 Å². The maximum absolute atomic E-state index is 3.22. The minimum Gasteiger partial charge on any atom is 0 e. The molecule has 0 aromatic carbocycles. The van der Waals surface area contributed by atoms with Crippen molar-refractivity contribution < 1.29 is 21.7 Å². The van der Waals surface area contributed by atoms with Crippen LogP contribution in [0.2, 0.25) is 0 Å². The van der Waals surface area contributed by atoms with Gasteiger partial charge < -0.3 is 0 Å². The van der Waals surface area contributed by atoms with Crippen LogP contribution in [-0.4, -0.2) is 18.9 Å². The van der Waals surface area contributed by atoms with E-state index in [0.29, 0.717) is 0 Å². The third-order valence-corrected chi connectivity index (χ3v) is 0. The number of thiol groups is 2. The molecule has 4 heavy (non-hydrogen) atoms. The normalized spacial score (nSPS) is 1.50. The van der Waals surface area contributed by atoms with Gasteiger partial charge in [0.2, 0.25) is 0 Å². The van der Waals surface area contributed by atoms with E-state index in [1.807, 2.05) is 0 Å². The van der Waals surface area contributed by atoms with E-state index in [1.165, 1.54) is 0 Å². The fourth-order valence-corrected chi connectivity index (χ4v) is 0. The van der Waals surface area contributed by atoms with Crippen LogP contribution in [0.4, 0.5) is 0 Å². The largest absolute Gasteiger partial charge is 0 e. The Labute approximate surface area is 63.4 Å². The molecule has 0 fully saturated rings. The smallest absolute Gasteiger partial charge is 0 e. The van der Waals surface area contributed by atoms with Gasteiger partial charge in [0.25, 0.3) is 0 Å². The predicted molar refractivity (Wildman–Crippen MR) is 25.1 cm³/mol. The van der Waals surface area contributed by atoms with E-state index in [4.69, 9.17) is 0 Å². The van der Waals surface area contributed by atoms with Crippen LogP contribution in [0.5, 0.6) is 0 Å². The molecule has 0 heterocycles.